The van der Waals surface area contributed by atoms with E-state index in [1.165, 1.54) is 0 Å². The fourth-order valence-electron chi connectivity index (χ4n) is 0. The molecule has 0 aromatic carbocycles. The van der Waals surface area contributed by atoms with E-state index in [9.17, 15) is 0 Å². The molecule has 8 heteroatoms. The number of hydrogen-bond acceptors (Lipinski definition) is 2. The standard InChI is InChI=1S/CH5N3.H3O4P/c2-1(3)4;1-5(2,3)4/h(H5,2,3,4);(H3,1,2,3,4)/p+1. The van der Waals surface area contributed by atoms with Gasteiger partial charge in [0, 0.05) is 0 Å². The van der Waals surface area contributed by atoms with Crippen LogP contribution in [0.3, 0.4) is 0 Å². The first-order valence-corrected chi connectivity index (χ1v) is 3.18. The van der Waals surface area contributed by atoms with Crippen molar-refractivity contribution in [3.63, 3.8) is 0 Å². The fraction of sp³-hybridized carbons (Fsp3) is 0. The van der Waals surface area contributed by atoms with E-state index in [2.05, 4.69) is 11.5 Å². The highest BCUT2D eigenvalue weighted by Gasteiger charge is 2.00. The summed E-state index contributed by atoms with van der Waals surface area (Å²) in [4.78, 5) is 21.6. The molecule has 0 aliphatic carbocycles. The molecular weight excluding hydrogens is 149 g/mol. The van der Waals surface area contributed by atoms with E-state index in [0.717, 1.165) is 0 Å². The van der Waals surface area contributed by atoms with Gasteiger partial charge in [0.2, 0.25) is 0 Å². The van der Waals surface area contributed by atoms with Crippen molar-refractivity contribution in [2.24, 2.45) is 11.5 Å². The summed E-state index contributed by atoms with van der Waals surface area (Å²) in [6, 6.07) is 0. The van der Waals surface area contributed by atoms with Gasteiger partial charge in [-0.3, -0.25) is 5.41 Å². The van der Waals surface area contributed by atoms with Gasteiger partial charge < -0.3 is 26.1 Å². The zero-order chi connectivity index (χ0) is 8.08. The number of phosphoric acid groups is 1. The van der Waals surface area contributed by atoms with E-state index in [1.807, 2.05) is 0 Å². The molecule has 9 heavy (non-hydrogen) atoms. The molecule has 0 aromatic rings. The highest BCUT2D eigenvalue weighted by atomic mass is 31.2. The average Bonchev–Trinajstić information content (AvgIpc) is 1.19. The van der Waals surface area contributed by atoms with Crippen molar-refractivity contribution in [1.29, 1.82) is 5.41 Å². The topological polar surface area (TPSA) is 154 Å². The lowest BCUT2D eigenvalue weighted by atomic mass is 11.1. The molecule has 0 amide bonds. The number of guanidine groups is 1. The van der Waals surface area contributed by atoms with Gasteiger partial charge in [-0.25, -0.2) is 4.57 Å². The van der Waals surface area contributed by atoms with Crippen LogP contribution in [0.1, 0.15) is 1.43 Å². The Labute approximate surface area is 52.5 Å². The molecule has 0 rings (SSSR count). The second-order valence-electron chi connectivity index (χ2n) is 0.969. The van der Waals surface area contributed by atoms with Gasteiger partial charge in [-0.15, -0.1) is 0 Å². The molecule has 0 aliphatic heterocycles. The van der Waals surface area contributed by atoms with Crippen LogP contribution in [0.2, 0.25) is 0 Å². The lowest BCUT2D eigenvalue weighted by Gasteiger charge is -1.82. The van der Waals surface area contributed by atoms with Gasteiger partial charge >= 0.3 is 9.25 Å². The Hall–Kier alpha value is -0.620. The minimum Gasteiger partial charge on any atom is -0.370 e. The maximum absolute atomic E-state index is 8.88. The van der Waals surface area contributed by atoms with Crippen LogP contribution in [0.5, 0.6) is 0 Å². The highest BCUT2D eigenvalue weighted by molar-refractivity contribution is 7.45. The van der Waals surface area contributed by atoms with Crippen LogP contribution < -0.4 is 11.5 Å². The van der Waals surface area contributed by atoms with E-state index < -0.39 is 7.82 Å². The lowest BCUT2D eigenvalue weighted by molar-refractivity contribution is 0.275. The van der Waals surface area contributed by atoms with E-state index in [0.29, 0.717) is 0 Å². The highest BCUT2D eigenvalue weighted by Crippen LogP contribution is 2.25. The molecule has 0 unspecified atom stereocenters. The Bertz CT molecular complexity index is 120. The number of rotatable bonds is 0. The fourth-order valence-corrected chi connectivity index (χ4v) is 0. The van der Waals surface area contributed by atoms with Crippen LogP contribution >= 0.6 is 7.82 Å². The van der Waals surface area contributed by atoms with Crippen molar-refractivity contribution in [3.8, 4) is 0 Å². The summed E-state index contributed by atoms with van der Waals surface area (Å²) in [5.41, 5.74) is 8.94. The maximum Gasteiger partial charge on any atom is 1.00 e. The van der Waals surface area contributed by atoms with Crippen LogP contribution in [0.15, 0.2) is 0 Å². The third kappa shape index (κ3) is 556. The molecule has 0 saturated carbocycles. The Kier molecular flexibility index (Phi) is 5.33. The predicted octanol–water partition coefficient (Wildman–Crippen LogP) is -1.98. The van der Waals surface area contributed by atoms with Gasteiger partial charge in [0.05, 0.1) is 0 Å². The molecule has 0 bridgehead atoms. The zero-order valence-electron chi connectivity index (χ0n) is 5.35. The number of hydrogen-bond donors (Lipinski definition) is 6. The van der Waals surface area contributed by atoms with Crippen LogP contribution in [0.25, 0.3) is 0 Å². The summed E-state index contributed by atoms with van der Waals surface area (Å²) < 4.78 is 8.88. The molecule has 0 heterocycles. The van der Waals surface area contributed by atoms with Crippen LogP contribution in [-0.4, -0.2) is 20.6 Å². The first-order valence-electron chi connectivity index (χ1n) is 1.61. The van der Waals surface area contributed by atoms with Crippen molar-refractivity contribution in [2.75, 3.05) is 0 Å². The molecule has 56 valence electrons. The van der Waals surface area contributed by atoms with Gasteiger partial charge in [0.15, 0.2) is 5.96 Å². The summed E-state index contributed by atoms with van der Waals surface area (Å²) in [5, 5.41) is 6.06. The zero-order valence-corrected chi connectivity index (χ0v) is 5.25. The Morgan fingerprint density at radius 1 is 1.44 bits per heavy atom. The summed E-state index contributed by atoms with van der Waals surface area (Å²) in [6.07, 6.45) is 0. The first-order chi connectivity index (χ1) is 3.73. The van der Waals surface area contributed by atoms with Crippen LogP contribution in [0, 0.1) is 5.41 Å². The summed E-state index contributed by atoms with van der Waals surface area (Å²) in [5.74, 6) is -0.333. The van der Waals surface area contributed by atoms with Crippen LogP contribution in [-0.2, 0) is 4.57 Å². The number of nitrogens with one attached hydrogen (secondary N) is 1. The summed E-state index contributed by atoms with van der Waals surface area (Å²) in [6.45, 7) is 0. The third-order valence-electron chi connectivity index (χ3n) is 0. The van der Waals surface area contributed by atoms with Crippen molar-refractivity contribution in [3.05, 3.63) is 0 Å². The second kappa shape index (κ2) is 4.28. The number of nitrogens with two attached hydrogens (primary N) is 2. The smallest absolute Gasteiger partial charge is 0.370 e. The Morgan fingerprint density at radius 3 is 1.44 bits per heavy atom. The molecule has 0 saturated heterocycles. The molecule has 0 atom stereocenters. The predicted molar refractivity (Wildman–Crippen MR) is 31.5 cm³/mol. The van der Waals surface area contributed by atoms with Gasteiger partial charge in [-0.05, 0) is 0 Å². The van der Waals surface area contributed by atoms with Gasteiger partial charge in [-0.2, -0.15) is 0 Å². The monoisotopic (exact) mass is 158 g/mol. The van der Waals surface area contributed by atoms with E-state index in [1.54, 1.807) is 0 Å². The minimum absolute atomic E-state index is 0. The SMILES string of the molecule is N=C(N)N.O=P(O)(O)O.[H+]. The third-order valence-corrected chi connectivity index (χ3v) is 0. The van der Waals surface area contributed by atoms with Crippen molar-refractivity contribution < 1.29 is 20.7 Å². The normalized spacial score (nSPS) is 9.22. The second-order valence-corrected chi connectivity index (χ2v) is 2.00. The van der Waals surface area contributed by atoms with Crippen molar-refractivity contribution in [1.82, 2.24) is 0 Å². The first kappa shape index (κ1) is 11.2. The molecule has 0 fully saturated rings. The molecule has 0 aromatic heterocycles. The van der Waals surface area contributed by atoms with Gasteiger partial charge in [0.1, 0.15) is 0 Å². The quantitative estimate of drug-likeness (QED) is 0.136. The molecule has 8 N–H and O–H groups in total. The summed E-state index contributed by atoms with van der Waals surface area (Å²) >= 11 is 0. The van der Waals surface area contributed by atoms with Gasteiger partial charge in [0.25, 0.3) is 0 Å². The Balaban J connectivity index is -0.0000000910. The molecular formula is CH9N3O4P+. The molecule has 0 spiro atoms. The van der Waals surface area contributed by atoms with Gasteiger partial charge in [-0.1, -0.05) is 0 Å². The van der Waals surface area contributed by atoms with Crippen molar-refractivity contribution >= 4 is 13.8 Å². The largest absolute Gasteiger partial charge is 1.00 e. The van der Waals surface area contributed by atoms with E-state index in [-0.39, 0.29) is 7.39 Å². The van der Waals surface area contributed by atoms with E-state index >= 15 is 0 Å². The van der Waals surface area contributed by atoms with Crippen LogP contribution in [0.4, 0.5) is 0 Å². The average molecular weight is 158 g/mol. The molecule has 0 radical (unpaired) electrons. The Morgan fingerprint density at radius 2 is 1.44 bits per heavy atom. The van der Waals surface area contributed by atoms with Crippen molar-refractivity contribution in [2.45, 2.75) is 0 Å². The minimum atomic E-state index is -4.64. The lowest BCUT2D eigenvalue weighted by Crippen LogP contribution is -2.20. The maximum atomic E-state index is 8.88. The summed E-state index contributed by atoms with van der Waals surface area (Å²) in [7, 11) is -4.64. The molecule has 0 aliphatic rings. The molecule has 7 nitrogen and oxygen atoms in total. The van der Waals surface area contributed by atoms with E-state index in [4.69, 9.17) is 24.7 Å².